The van der Waals surface area contributed by atoms with Crippen molar-refractivity contribution in [2.24, 2.45) is 4.99 Å². The van der Waals surface area contributed by atoms with Crippen molar-refractivity contribution in [3.8, 4) is 21.9 Å². The molecule has 8 nitrogen and oxygen atoms in total. The number of carboxylic acids is 1. The maximum absolute atomic E-state index is 11.8. The van der Waals surface area contributed by atoms with Crippen molar-refractivity contribution in [1.29, 1.82) is 0 Å². The molecule has 0 spiro atoms. The van der Waals surface area contributed by atoms with E-state index in [1.54, 1.807) is 11.3 Å². The number of nitrogens with zero attached hydrogens (tertiary/aromatic N) is 4. The molecule has 1 aliphatic heterocycles. The first kappa shape index (κ1) is 25.8. The van der Waals surface area contributed by atoms with Crippen LogP contribution in [0.4, 0.5) is 0 Å². The highest BCUT2D eigenvalue weighted by Crippen LogP contribution is 2.39. The van der Waals surface area contributed by atoms with Gasteiger partial charge in [-0.1, -0.05) is 36.4 Å². The van der Waals surface area contributed by atoms with Gasteiger partial charge in [-0.05, 0) is 56.5 Å². The molecule has 4 aromatic rings. The summed E-state index contributed by atoms with van der Waals surface area (Å²) in [6, 6.07) is 15.6. The number of aliphatic carboxylic acids is 1. The van der Waals surface area contributed by atoms with Crippen LogP contribution < -0.4 is 4.74 Å². The van der Waals surface area contributed by atoms with E-state index in [1.807, 2.05) is 48.7 Å². The van der Waals surface area contributed by atoms with E-state index < -0.39 is 12.0 Å². The number of hydrogen-bond donors (Lipinski definition) is 1. The molecule has 0 aliphatic carbocycles. The fourth-order valence-electron chi connectivity index (χ4n) is 4.64. The normalized spacial score (nSPS) is 14.4. The molecule has 1 N–H and O–H groups in total. The Labute approximate surface area is 225 Å². The quantitative estimate of drug-likeness (QED) is 0.279. The molecule has 0 saturated carbocycles. The van der Waals surface area contributed by atoms with E-state index in [1.165, 1.54) is 4.88 Å². The number of benzene rings is 2. The zero-order valence-corrected chi connectivity index (χ0v) is 22.7. The van der Waals surface area contributed by atoms with Crippen molar-refractivity contribution < 1.29 is 19.4 Å². The zero-order valence-electron chi connectivity index (χ0n) is 21.9. The number of aliphatic imine (C=N–C) groups is 1. The van der Waals surface area contributed by atoms with E-state index in [0.29, 0.717) is 31.5 Å². The van der Waals surface area contributed by atoms with Gasteiger partial charge in [0.2, 0.25) is 0 Å². The molecule has 0 fully saturated rings. The van der Waals surface area contributed by atoms with Crippen LogP contribution in [0.2, 0.25) is 0 Å². The summed E-state index contributed by atoms with van der Waals surface area (Å²) in [4.78, 5) is 17.9. The van der Waals surface area contributed by atoms with Crippen molar-refractivity contribution in [3.63, 3.8) is 0 Å². The molecule has 0 bridgehead atoms. The molecule has 0 amide bonds. The van der Waals surface area contributed by atoms with Crippen LogP contribution in [-0.4, -0.2) is 51.4 Å². The third-order valence-corrected chi connectivity index (χ3v) is 7.83. The Balaban J connectivity index is 1.53. The van der Waals surface area contributed by atoms with Gasteiger partial charge < -0.3 is 14.6 Å². The summed E-state index contributed by atoms with van der Waals surface area (Å²) in [5.41, 5.74) is 5.92. The summed E-state index contributed by atoms with van der Waals surface area (Å²) in [6.45, 7) is 9.75. The average Bonchev–Trinajstić information content (AvgIpc) is 3.39. The number of hydrogen-bond acceptors (Lipinski definition) is 7. The van der Waals surface area contributed by atoms with Gasteiger partial charge in [-0.25, -0.2) is 0 Å². The van der Waals surface area contributed by atoms with Gasteiger partial charge in [-0.3, -0.25) is 14.4 Å². The van der Waals surface area contributed by atoms with Crippen LogP contribution in [0.1, 0.15) is 52.6 Å². The number of thiophene rings is 1. The lowest BCUT2D eigenvalue weighted by Crippen LogP contribution is -2.10. The molecule has 1 aliphatic rings. The van der Waals surface area contributed by atoms with Gasteiger partial charge in [0.1, 0.15) is 29.2 Å². The number of carboxylic acid groups (broad SMARTS) is 1. The molecule has 9 heteroatoms. The number of rotatable bonds is 9. The third-order valence-electron chi connectivity index (χ3n) is 6.63. The van der Waals surface area contributed by atoms with E-state index in [0.717, 1.165) is 44.3 Å². The lowest BCUT2D eigenvalue weighted by molar-refractivity contribution is -0.137. The number of fused-ring (bicyclic) bond motifs is 3. The predicted octanol–water partition coefficient (Wildman–Crippen LogP) is 5.70. The Morgan fingerprint density at radius 2 is 1.79 bits per heavy atom. The highest BCUT2D eigenvalue weighted by atomic mass is 32.1. The van der Waals surface area contributed by atoms with Gasteiger partial charge in [0.05, 0.1) is 18.7 Å². The second kappa shape index (κ2) is 10.9. The van der Waals surface area contributed by atoms with E-state index in [9.17, 15) is 9.90 Å². The van der Waals surface area contributed by atoms with E-state index in [4.69, 9.17) is 14.5 Å². The fraction of sp³-hybridized carbons (Fsp3) is 0.310. The van der Waals surface area contributed by atoms with Gasteiger partial charge in [0, 0.05) is 22.6 Å². The topological polar surface area (TPSA) is 98.8 Å². The highest BCUT2D eigenvalue weighted by molar-refractivity contribution is 7.15. The minimum atomic E-state index is -0.929. The second-order valence-corrected chi connectivity index (χ2v) is 10.3. The van der Waals surface area contributed by atoms with Gasteiger partial charge in [-0.15, -0.1) is 21.5 Å². The number of aromatic nitrogens is 3. The Kier molecular flexibility index (Phi) is 7.40. The molecule has 0 saturated heterocycles. The summed E-state index contributed by atoms with van der Waals surface area (Å²) in [7, 11) is 0. The van der Waals surface area contributed by atoms with E-state index in [2.05, 4.69) is 42.2 Å². The molecule has 5 rings (SSSR count). The Morgan fingerprint density at radius 3 is 2.53 bits per heavy atom. The van der Waals surface area contributed by atoms with Crippen molar-refractivity contribution in [2.75, 3.05) is 19.8 Å². The van der Waals surface area contributed by atoms with Gasteiger partial charge >= 0.3 is 5.97 Å². The SMILES string of the molecule is CCOCCOc1cccc(-c2ccc(C3=N[C@@H](CC(=O)O)c4nnc(C)n4-c4sc(C)c(C)c43)cc2)c1. The molecule has 0 unspecified atom stereocenters. The van der Waals surface area contributed by atoms with Crippen LogP contribution >= 0.6 is 11.3 Å². The predicted molar refractivity (Wildman–Crippen MR) is 148 cm³/mol. The second-order valence-electron chi connectivity index (χ2n) is 9.15. The third kappa shape index (κ3) is 4.99. The largest absolute Gasteiger partial charge is 0.491 e. The van der Waals surface area contributed by atoms with Crippen LogP contribution in [0.5, 0.6) is 5.75 Å². The van der Waals surface area contributed by atoms with Crippen LogP contribution in [0.15, 0.2) is 53.5 Å². The maximum Gasteiger partial charge on any atom is 0.306 e. The van der Waals surface area contributed by atoms with E-state index >= 15 is 0 Å². The minimum Gasteiger partial charge on any atom is -0.491 e. The Morgan fingerprint density at radius 1 is 1.03 bits per heavy atom. The van der Waals surface area contributed by atoms with Gasteiger partial charge in [0.25, 0.3) is 0 Å². The minimum absolute atomic E-state index is 0.164. The number of aryl methyl sites for hydroxylation is 2. The van der Waals surface area contributed by atoms with E-state index in [-0.39, 0.29) is 6.42 Å². The van der Waals surface area contributed by atoms with Crippen LogP contribution in [-0.2, 0) is 9.53 Å². The Hall–Kier alpha value is -3.82. The van der Waals surface area contributed by atoms with Crippen molar-refractivity contribution in [1.82, 2.24) is 14.8 Å². The molecule has 2 aromatic carbocycles. The van der Waals surface area contributed by atoms with Crippen molar-refractivity contribution in [2.45, 2.75) is 40.2 Å². The lowest BCUT2D eigenvalue weighted by Gasteiger charge is -2.12. The molecule has 38 heavy (non-hydrogen) atoms. The van der Waals surface area contributed by atoms with Crippen LogP contribution in [0.3, 0.4) is 0 Å². The summed E-state index contributed by atoms with van der Waals surface area (Å²) < 4.78 is 13.2. The highest BCUT2D eigenvalue weighted by Gasteiger charge is 2.32. The lowest BCUT2D eigenvalue weighted by atomic mass is 9.97. The summed E-state index contributed by atoms with van der Waals surface area (Å²) in [6.07, 6.45) is -0.164. The average molecular weight is 531 g/mol. The van der Waals surface area contributed by atoms with Gasteiger partial charge in [-0.2, -0.15) is 0 Å². The van der Waals surface area contributed by atoms with Crippen LogP contribution in [0.25, 0.3) is 16.1 Å². The zero-order chi connectivity index (χ0) is 26.8. The first-order valence-corrected chi connectivity index (χ1v) is 13.4. The first-order chi connectivity index (χ1) is 18.4. The summed E-state index contributed by atoms with van der Waals surface area (Å²) in [5.74, 6) is 1.14. The number of ether oxygens (including phenoxy) is 2. The monoisotopic (exact) mass is 530 g/mol. The maximum atomic E-state index is 11.8. The smallest absolute Gasteiger partial charge is 0.306 e. The molecule has 1 atom stereocenters. The summed E-state index contributed by atoms with van der Waals surface area (Å²) in [5, 5.41) is 19.2. The first-order valence-electron chi connectivity index (χ1n) is 12.6. The number of carbonyl (C=O) groups is 1. The molecular weight excluding hydrogens is 500 g/mol. The molecule has 2 aromatic heterocycles. The van der Waals surface area contributed by atoms with Gasteiger partial charge in [0.15, 0.2) is 5.82 Å². The Bertz CT molecular complexity index is 1500. The van der Waals surface area contributed by atoms with Crippen LogP contribution in [0, 0.1) is 20.8 Å². The molecule has 3 heterocycles. The molecular formula is C29H30N4O4S. The summed E-state index contributed by atoms with van der Waals surface area (Å²) >= 11 is 1.65. The fourth-order valence-corrected chi connectivity index (χ4v) is 5.85. The van der Waals surface area contributed by atoms with Crippen molar-refractivity contribution >= 4 is 23.0 Å². The molecule has 196 valence electrons. The van der Waals surface area contributed by atoms with Crippen molar-refractivity contribution in [3.05, 3.63) is 81.7 Å². The molecule has 0 radical (unpaired) electrons. The standard InChI is InChI=1S/C29H30N4O4S/c1-5-36-13-14-37-23-8-6-7-22(15-23)20-9-11-21(12-10-20)27-26-17(2)18(3)38-29(26)33-19(4)31-32-28(33)24(30-27)16-25(34)35/h6-12,15,24H,5,13-14,16H2,1-4H3,(H,34,35)/t24-/m0/s1.